The van der Waals surface area contributed by atoms with E-state index in [1.807, 2.05) is 20.8 Å². The van der Waals surface area contributed by atoms with Crippen LogP contribution in [0.1, 0.15) is 72.0 Å². The molecule has 1 aliphatic rings. The van der Waals surface area contributed by atoms with Crippen molar-refractivity contribution in [3.05, 3.63) is 11.9 Å². The third kappa shape index (κ3) is 7.17. The van der Waals surface area contributed by atoms with Gasteiger partial charge < -0.3 is 14.8 Å². The maximum atomic E-state index is 12.2. The lowest BCUT2D eigenvalue weighted by molar-refractivity contribution is -0.141. The molecular weight excluding hydrogens is 372 g/mol. The molecular formula is C21H32N4O4. The Kier molecular flexibility index (Phi) is 8.65. The van der Waals surface area contributed by atoms with Gasteiger partial charge in [0.1, 0.15) is 0 Å². The topological polar surface area (TPSA) is 95.3 Å². The predicted octanol–water partition coefficient (Wildman–Crippen LogP) is 2.24. The van der Waals surface area contributed by atoms with Gasteiger partial charge in [0, 0.05) is 12.5 Å². The molecule has 1 N–H and O–H groups in total. The van der Waals surface area contributed by atoms with Crippen molar-refractivity contribution >= 4 is 11.9 Å². The molecule has 2 heterocycles. The quantitative estimate of drug-likeness (QED) is 0.527. The number of hydrogen-bond acceptors (Lipinski definition) is 6. The summed E-state index contributed by atoms with van der Waals surface area (Å²) in [6.45, 7) is 9.68. The van der Waals surface area contributed by atoms with Crippen LogP contribution >= 0.6 is 0 Å². The summed E-state index contributed by atoms with van der Waals surface area (Å²) in [5.74, 6) is 5.22. The smallest absolute Gasteiger partial charge is 0.306 e. The summed E-state index contributed by atoms with van der Waals surface area (Å²) in [4.78, 5) is 23.3. The number of esters is 1. The molecule has 1 aromatic rings. The maximum absolute atomic E-state index is 12.2. The molecule has 4 atom stereocenters. The first-order chi connectivity index (χ1) is 13.8. The number of nitrogens with one attached hydrogen (secondary N) is 1. The summed E-state index contributed by atoms with van der Waals surface area (Å²) >= 11 is 0. The molecule has 0 aromatic carbocycles. The Balaban J connectivity index is 1.81. The van der Waals surface area contributed by atoms with Crippen LogP contribution in [0.5, 0.6) is 0 Å². The van der Waals surface area contributed by atoms with Crippen LogP contribution in [0.3, 0.4) is 0 Å². The zero-order valence-corrected chi connectivity index (χ0v) is 18.0. The molecule has 1 fully saturated rings. The van der Waals surface area contributed by atoms with Gasteiger partial charge in [-0.25, -0.2) is 4.68 Å². The molecule has 0 bridgehead atoms. The summed E-state index contributed by atoms with van der Waals surface area (Å²) in [5, 5.41) is 11.1. The molecule has 160 valence electrons. The van der Waals surface area contributed by atoms with E-state index in [-0.39, 0.29) is 48.7 Å². The van der Waals surface area contributed by atoms with E-state index in [4.69, 9.17) is 9.47 Å². The number of hydrogen-bond donors (Lipinski definition) is 1. The van der Waals surface area contributed by atoms with E-state index in [0.717, 1.165) is 19.3 Å². The number of ether oxygens (including phenoxy) is 2. The van der Waals surface area contributed by atoms with E-state index < -0.39 is 0 Å². The van der Waals surface area contributed by atoms with Crippen LogP contribution in [-0.2, 0) is 19.1 Å². The molecule has 0 unspecified atom stereocenters. The highest BCUT2D eigenvalue weighted by Gasteiger charge is 2.34. The largest absolute Gasteiger partial charge is 0.452 e. The number of rotatable bonds is 8. The molecule has 2 rings (SSSR count). The first kappa shape index (κ1) is 22.9. The second kappa shape index (κ2) is 11.0. The monoisotopic (exact) mass is 404 g/mol. The Morgan fingerprint density at radius 3 is 2.79 bits per heavy atom. The third-order valence-corrected chi connectivity index (χ3v) is 4.92. The van der Waals surface area contributed by atoms with Gasteiger partial charge in [-0.3, -0.25) is 9.59 Å². The lowest BCUT2D eigenvalue weighted by Gasteiger charge is -2.22. The minimum Gasteiger partial charge on any atom is -0.452 e. The summed E-state index contributed by atoms with van der Waals surface area (Å²) in [7, 11) is 0. The van der Waals surface area contributed by atoms with Crippen molar-refractivity contribution in [3.63, 3.8) is 0 Å². The summed E-state index contributed by atoms with van der Waals surface area (Å²) in [6.07, 6.45) is 4.77. The van der Waals surface area contributed by atoms with Crippen LogP contribution in [-0.4, -0.2) is 51.7 Å². The van der Waals surface area contributed by atoms with Gasteiger partial charge in [0.15, 0.2) is 12.3 Å². The number of nitrogens with zero attached hydrogens (tertiary/aromatic N) is 3. The molecule has 1 amide bonds. The number of aromatic nitrogens is 3. The molecule has 8 heteroatoms. The van der Waals surface area contributed by atoms with Gasteiger partial charge >= 0.3 is 5.97 Å². The second-order valence-corrected chi connectivity index (χ2v) is 7.81. The van der Waals surface area contributed by atoms with Gasteiger partial charge in [0.25, 0.3) is 0 Å². The zero-order valence-electron chi connectivity index (χ0n) is 18.0. The Bertz CT molecular complexity index is 749. The van der Waals surface area contributed by atoms with Crippen LogP contribution in [0, 0.1) is 17.8 Å². The minimum absolute atomic E-state index is 0.0443. The normalized spacial score (nSPS) is 20.6. The SMILES string of the molecule is CCC(=O)OCC#Cc1cn([C@H](C)C[C@@H]2CC[C@H]([C@@H](C)C(=O)NC(C)C)O2)nn1. The van der Waals surface area contributed by atoms with E-state index in [2.05, 4.69) is 34.4 Å². The third-order valence-electron chi connectivity index (χ3n) is 4.92. The van der Waals surface area contributed by atoms with E-state index in [1.165, 1.54) is 0 Å². The van der Waals surface area contributed by atoms with Crippen molar-refractivity contribution < 1.29 is 19.1 Å². The van der Waals surface area contributed by atoms with Crippen LogP contribution < -0.4 is 5.32 Å². The van der Waals surface area contributed by atoms with E-state index >= 15 is 0 Å². The maximum Gasteiger partial charge on any atom is 0.306 e. The van der Waals surface area contributed by atoms with Crippen molar-refractivity contribution in [1.29, 1.82) is 0 Å². The molecule has 0 aliphatic carbocycles. The van der Waals surface area contributed by atoms with E-state index in [9.17, 15) is 9.59 Å². The van der Waals surface area contributed by atoms with Crippen LogP contribution in [0.4, 0.5) is 0 Å². The summed E-state index contributed by atoms with van der Waals surface area (Å²) in [5.41, 5.74) is 0.536. The molecule has 1 aromatic heterocycles. The average Bonchev–Trinajstić information content (AvgIpc) is 3.33. The molecule has 8 nitrogen and oxygen atoms in total. The standard InChI is InChI=1S/C21H32N4O4/c1-6-20(26)28-11-7-8-17-13-25(24-23-17)15(4)12-18-9-10-19(29-18)16(5)21(27)22-14(2)3/h13-16,18-19H,6,9-12H2,1-5H3,(H,22,27)/t15-,16-,18+,19-/m1/s1. The Morgan fingerprint density at radius 1 is 1.34 bits per heavy atom. The summed E-state index contributed by atoms with van der Waals surface area (Å²) < 4.78 is 12.8. The van der Waals surface area contributed by atoms with Crippen molar-refractivity contribution in [2.75, 3.05) is 6.61 Å². The molecule has 0 saturated carbocycles. The second-order valence-electron chi connectivity index (χ2n) is 7.81. The van der Waals surface area contributed by atoms with Gasteiger partial charge in [0.2, 0.25) is 5.91 Å². The van der Waals surface area contributed by atoms with Crippen LogP contribution in [0.25, 0.3) is 0 Å². The van der Waals surface area contributed by atoms with Gasteiger partial charge in [0.05, 0.1) is 30.4 Å². The van der Waals surface area contributed by atoms with Crippen LogP contribution in [0.2, 0.25) is 0 Å². The Hall–Kier alpha value is -2.40. The molecule has 29 heavy (non-hydrogen) atoms. The fraction of sp³-hybridized carbons (Fsp3) is 0.714. The van der Waals surface area contributed by atoms with Gasteiger partial charge in [-0.05, 0) is 46.0 Å². The van der Waals surface area contributed by atoms with Crippen molar-refractivity contribution in [2.45, 2.75) is 84.6 Å². The number of carbonyl (C=O) groups is 2. The molecule has 0 spiro atoms. The lowest BCUT2D eigenvalue weighted by atomic mass is 10.00. The minimum atomic E-state index is -0.276. The summed E-state index contributed by atoms with van der Waals surface area (Å²) in [6, 6.07) is 0.227. The fourth-order valence-electron chi connectivity index (χ4n) is 3.24. The molecule has 0 radical (unpaired) electrons. The van der Waals surface area contributed by atoms with Gasteiger partial charge in [-0.15, -0.1) is 5.10 Å². The first-order valence-corrected chi connectivity index (χ1v) is 10.3. The lowest BCUT2D eigenvalue weighted by Crippen LogP contribution is -2.39. The fourth-order valence-corrected chi connectivity index (χ4v) is 3.24. The highest BCUT2D eigenvalue weighted by atomic mass is 16.5. The van der Waals surface area contributed by atoms with Crippen molar-refractivity contribution in [1.82, 2.24) is 20.3 Å². The number of amides is 1. The Labute approximate surface area is 172 Å². The molecule has 1 aliphatic heterocycles. The van der Waals surface area contributed by atoms with E-state index in [1.54, 1.807) is 17.8 Å². The predicted molar refractivity (Wildman–Crippen MR) is 108 cm³/mol. The van der Waals surface area contributed by atoms with Crippen molar-refractivity contribution in [2.24, 2.45) is 5.92 Å². The zero-order chi connectivity index (χ0) is 21.4. The van der Waals surface area contributed by atoms with Gasteiger partial charge in [-0.1, -0.05) is 25.0 Å². The van der Waals surface area contributed by atoms with Gasteiger partial charge in [-0.2, -0.15) is 0 Å². The highest BCUT2D eigenvalue weighted by molar-refractivity contribution is 5.79. The Morgan fingerprint density at radius 2 is 2.10 bits per heavy atom. The first-order valence-electron chi connectivity index (χ1n) is 10.3. The molecule has 1 saturated heterocycles. The average molecular weight is 405 g/mol. The van der Waals surface area contributed by atoms with E-state index in [0.29, 0.717) is 12.1 Å². The number of carbonyl (C=O) groups excluding carboxylic acids is 2. The highest BCUT2D eigenvalue weighted by Crippen LogP contribution is 2.30. The van der Waals surface area contributed by atoms with Crippen LogP contribution in [0.15, 0.2) is 6.20 Å². The van der Waals surface area contributed by atoms with Crippen molar-refractivity contribution in [3.8, 4) is 11.8 Å².